The number of nitrogens with one attached hydrogen (secondary N) is 1. The molecule has 8 heavy (non-hydrogen) atoms. The Balaban J connectivity index is 2.84. The maximum atomic E-state index is 4.03. The lowest BCUT2D eigenvalue weighted by Crippen LogP contribution is -1.84. The van der Waals surface area contributed by atoms with Crippen molar-refractivity contribution < 1.29 is 0 Å². The van der Waals surface area contributed by atoms with Gasteiger partial charge in [-0.1, -0.05) is 0 Å². The van der Waals surface area contributed by atoms with Crippen LogP contribution in [-0.2, 0) is 0 Å². The van der Waals surface area contributed by atoms with E-state index in [2.05, 4.69) is 17.2 Å². The number of hydrogen-bond acceptors (Lipinski definition) is 3. The van der Waals surface area contributed by atoms with E-state index in [0.717, 1.165) is 10.8 Å². The van der Waals surface area contributed by atoms with Crippen molar-refractivity contribution >= 4 is 16.5 Å². The molecule has 0 saturated heterocycles. The van der Waals surface area contributed by atoms with Crippen molar-refractivity contribution in [3.63, 3.8) is 0 Å². The van der Waals surface area contributed by atoms with Gasteiger partial charge in [0, 0.05) is 12.4 Å². The average Bonchev–Trinajstić information content (AvgIpc) is 2.14. The van der Waals surface area contributed by atoms with Crippen LogP contribution in [0.15, 0.2) is 5.38 Å². The fourth-order valence-electron chi connectivity index (χ4n) is 0.422. The highest BCUT2D eigenvalue weighted by molar-refractivity contribution is 7.13. The number of anilines is 1. The molecule has 1 radical (unpaired) electrons. The van der Waals surface area contributed by atoms with Crippen molar-refractivity contribution in [2.75, 3.05) is 12.4 Å². The first-order valence-electron chi connectivity index (χ1n) is 2.28. The van der Waals surface area contributed by atoms with E-state index in [1.54, 1.807) is 11.3 Å². The van der Waals surface area contributed by atoms with Gasteiger partial charge in [-0.25, -0.2) is 4.98 Å². The van der Waals surface area contributed by atoms with Gasteiger partial charge in [0.1, 0.15) is 0 Å². The minimum atomic E-state index is 0.833. The number of rotatable bonds is 1. The SMILES string of the molecule is [CH2]c1csc(NC)n1. The number of aromatic nitrogens is 1. The van der Waals surface area contributed by atoms with Gasteiger partial charge < -0.3 is 5.32 Å². The highest BCUT2D eigenvalue weighted by atomic mass is 32.1. The second kappa shape index (κ2) is 2.13. The largest absolute Gasteiger partial charge is 0.365 e. The minimum Gasteiger partial charge on any atom is -0.365 e. The Kier molecular flexibility index (Phi) is 1.48. The molecule has 0 unspecified atom stereocenters. The van der Waals surface area contributed by atoms with E-state index in [9.17, 15) is 0 Å². The Bertz CT molecular complexity index is 171. The van der Waals surface area contributed by atoms with E-state index in [-0.39, 0.29) is 0 Å². The Morgan fingerprint density at radius 2 is 2.62 bits per heavy atom. The van der Waals surface area contributed by atoms with Gasteiger partial charge in [0.2, 0.25) is 0 Å². The molecule has 1 aromatic heterocycles. The lowest BCUT2D eigenvalue weighted by atomic mass is 10.6. The van der Waals surface area contributed by atoms with Crippen molar-refractivity contribution in [1.29, 1.82) is 0 Å². The van der Waals surface area contributed by atoms with Crippen LogP contribution in [0.1, 0.15) is 5.69 Å². The Morgan fingerprint density at radius 3 is 2.88 bits per heavy atom. The summed E-state index contributed by atoms with van der Waals surface area (Å²) in [5.41, 5.74) is 0.833. The molecule has 43 valence electrons. The number of hydrogen-bond donors (Lipinski definition) is 1. The van der Waals surface area contributed by atoms with Crippen LogP contribution in [0.5, 0.6) is 0 Å². The topological polar surface area (TPSA) is 24.9 Å². The molecule has 3 heteroatoms. The van der Waals surface area contributed by atoms with E-state index in [1.807, 2.05) is 12.4 Å². The monoisotopic (exact) mass is 127 g/mol. The first kappa shape index (κ1) is 5.56. The zero-order valence-corrected chi connectivity index (χ0v) is 5.46. The third kappa shape index (κ3) is 0.980. The van der Waals surface area contributed by atoms with Crippen LogP contribution in [0.25, 0.3) is 0 Å². The van der Waals surface area contributed by atoms with Gasteiger partial charge in [-0.3, -0.25) is 0 Å². The van der Waals surface area contributed by atoms with Gasteiger partial charge in [0.05, 0.1) is 5.69 Å². The zero-order chi connectivity index (χ0) is 5.98. The van der Waals surface area contributed by atoms with Crippen LogP contribution in [0, 0.1) is 6.92 Å². The molecular weight excluding hydrogens is 120 g/mol. The highest BCUT2D eigenvalue weighted by Gasteiger charge is 1.90. The number of nitrogens with zero attached hydrogens (tertiary/aromatic N) is 1. The molecule has 0 fully saturated rings. The van der Waals surface area contributed by atoms with E-state index in [4.69, 9.17) is 0 Å². The van der Waals surface area contributed by atoms with E-state index in [1.165, 1.54) is 0 Å². The second-order valence-electron chi connectivity index (χ2n) is 1.39. The summed E-state index contributed by atoms with van der Waals surface area (Å²) >= 11 is 1.56. The lowest BCUT2D eigenvalue weighted by molar-refractivity contribution is 1.32. The Hall–Kier alpha value is -0.570. The van der Waals surface area contributed by atoms with Gasteiger partial charge in [-0.15, -0.1) is 11.3 Å². The molecule has 0 saturated carbocycles. The predicted molar refractivity (Wildman–Crippen MR) is 36.1 cm³/mol. The molecule has 1 aromatic rings. The third-order valence-corrected chi connectivity index (χ3v) is 1.67. The third-order valence-electron chi connectivity index (χ3n) is 0.766. The first-order valence-corrected chi connectivity index (χ1v) is 3.16. The van der Waals surface area contributed by atoms with Gasteiger partial charge >= 0.3 is 0 Å². The van der Waals surface area contributed by atoms with Crippen molar-refractivity contribution in [2.45, 2.75) is 0 Å². The summed E-state index contributed by atoms with van der Waals surface area (Å²) in [5.74, 6) is 0. The van der Waals surface area contributed by atoms with E-state index >= 15 is 0 Å². The summed E-state index contributed by atoms with van der Waals surface area (Å²) in [6.07, 6.45) is 0. The summed E-state index contributed by atoms with van der Waals surface area (Å²) in [4.78, 5) is 4.03. The quantitative estimate of drug-likeness (QED) is 0.616. The predicted octanol–water partition coefficient (Wildman–Crippen LogP) is 1.37. The summed E-state index contributed by atoms with van der Waals surface area (Å²) in [5, 5.41) is 5.75. The minimum absolute atomic E-state index is 0.833. The molecule has 0 aliphatic heterocycles. The molecule has 2 nitrogen and oxygen atoms in total. The Labute approximate surface area is 52.6 Å². The van der Waals surface area contributed by atoms with Gasteiger partial charge in [-0.05, 0) is 6.92 Å². The maximum absolute atomic E-state index is 4.03. The van der Waals surface area contributed by atoms with Crippen molar-refractivity contribution in [3.8, 4) is 0 Å². The zero-order valence-electron chi connectivity index (χ0n) is 4.64. The van der Waals surface area contributed by atoms with Crippen LogP contribution in [0.2, 0.25) is 0 Å². The molecule has 0 spiro atoms. The molecule has 1 heterocycles. The smallest absolute Gasteiger partial charge is 0.182 e. The van der Waals surface area contributed by atoms with Crippen LogP contribution in [-0.4, -0.2) is 12.0 Å². The molecule has 0 amide bonds. The van der Waals surface area contributed by atoms with Crippen LogP contribution in [0.4, 0.5) is 5.13 Å². The Morgan fingerprint density at radius 1 is 1.88 bits per heavy atom. The van der Waals surface area contributed by atoms with E-state index < -0.39 is 0 Å². The van der Waals surface area contributed by atoms with Crippen molar-refractivity contribution in [1.82, 2.24) is 4.98 Å². The molecule has 0 atom stereocenters. The first-order chi connectivity index (χ1) is 3.83. The second-order valence-corrected chi connectivity index (χ2v) is 2.25. The van der Waals surface area contributed by atoms with Gasteiger partial charge in [-0.2, -0.15) is 0 Å². The normalized spacial score (nSPS) is 9.25. The van der Waals surface area contributed by atoms with Crippen LogP contribution >= 0.6 is 11.3 Å². The lowest BCUT2D eigenvalue weighted by Gasteiger charge is -1.85. The molecule has 1 N–H and O–H groups in total. The molecule has 0 aliphatic rings. The molecule has 0 aromatic carbocycles. The number of thiazole rings is 1. The summed E-state index contributed by atoms with van der Waals surface area (Å²) in [6.45, 7) is 3.65. The van der Waals surface area contributed by atoms with Crippen molar-refractivity contribution in [3.05, 3.63) is 18.0 Å². The summed E-state index contributed by atoms with van der Waals surface area (Å²) < 4.78 is 0. The highest BCUT2D eigenvalue weighted by Crippen LogP contribution is 2.12. The molecule has 1 rings (SSSR count). The van der Waals surface area contributed by atoms with E-state index in [0.29, 0.717) is 0 Å². The van der Waals surface area contributed by atoms with Gasteiger partial charge in [0.25, 0.3) is 0 Å². The van der Waals surface area contributed by atoms with Gasteiger partial charge in [0.15, 0.2) is 5.13 Å². The molecule has 0 aliphatic carbocycles. The van der Waals surface area contributed by atoms with Crippen LogP contribution in [0.3, 0.4) is 0 Å². The maximum Gasteiger partial charge on any atom is 0.182 e. The van der Waals surface area contributed by atoms with Crippen LogP contribution < -0.4 is 5.32 Å². The standard InChI is InChI=1S/C5H7N2S/c1-4-3-8-5(6-2)7-4/h3H,1H2,2H3,(H,6,7). The summed E-state index contributed by atoms with van der Waals surface area (Å²) in [6, 6.07) is 0. The summed E-state index contributed by atoms with van der Waals surface area (Å²) in [7, 11) is 1.85. The average molecular weight is 127 g/mol. The fraction of sp³-hybridized carbons (Fsp3) is 0.200. The fourth-order valence-corrected chi connectivity index (χ4v) is 1.01. The molecule has 0 bridgehead atoms. The van der Waals surface area contributed by atoms with Crippen molar-refractivity contribution in [2.24, 2.45) is 0 Å². The molecular formula is C5H7N2S.